The van der Waals surface area contributed by atoms with Crippen molar-refractivity contribution in [2.75, 3.05) is 6.61 Å². The molecule has 144 valence electrons. The fraction of sp³-hybridized carbons (Fsp3) is 0.944. The second-order valence-corrected chi connectivity index (χ2v) is 8.91. The van der Waals surface area contributed by atoms with Gasteiger partial charge >= 0.3 is 13.7 Å². The van der Waals surface area contributed by atoms with Gasteiger partial charge in [-0.05, 0) is 26.2 Å². The van der Waals surface area contributed by atoms with E-state index < -0.39 is 18.8 Å². The van der Waals surface area contributed by atoms with Crippen LogP contribution in [-0.2, 0) is 13.6 Å². The molecule has 0 spiro atoms. The number of amides is 1. The number of carbonyl (C=O) groups is 1. The van der Waals surface area contributed by atoms with Gasteiger partial charge in [0.1, 0.15) is 0 Å². The second-order valence-electron chi connectivity index (χ2n) is 6.52. The van der Waals surface area contributed by atoms with Crippen LogP contribution in [0, 0.1) is 0 Å². The zero-order valence-corrected chi connectivity index (χ0v) is 17.0. The van der Waals surface area contributed by atoms with Crippen LogP contribution < -0.4 is 5.73 Å². The van der Waals surface area contributed by atoms with Crippen molar-refractivity contribution < 1.29 is 18.4 Å². The van der Waals surface area contributed by atoms with E-state index in [0.29, 0.717) is 6.42 Å². The van der Waals surface area contributed by atoms with Gasteiger partial charge in [0.05, 0.1) is 11.8 Å². The van der Waals surface area contributed by atoms with Gasteiger partial charge in [0.2, 0.25) is 0 Å². The Morgan fingerprint density at radius 3 is 1.75 bits per heavy atom. The summed E-state index contributed by atoms with van der Waals surface area (Å²) in [4.78, 5) is 11.4. The molecule has 2 N–H and O–H groups in total. The summed E-state index contributed by atoms with van der Waals surface area (Å²) in [6.07, 6.45) is 9.89. The predicted molar refractivity (Wildman–Crippen MR) is 100 cm³/mol. The lowest BCUT2D eigenvalue weighted by Crippen LogP contribution is -2.32. The summed E-state index contributed by atoms with van der Waals surface area (Å²) < 4.78 is 24.1. The van der Waals surface area contributed by atoms with Gasteiger partial charge < -0.3 is 10.3 Å². The first-order valence-electron chi connectivity index (χ1n) is 9.65. The average molecular weight is 363 g/mol. The maximum Gasteiger partial charge on any atom is 0.411 e. The molecule has 0 saturated carbocycles. The number of unbranched alkanes of at least 4 members (excludes halogenated alkanes) is 6. The third-order valence-electron chi connectivity index (χ3n) is 4.74. The first-order valence-corrected chi connectivity index (χ1v) is 11.2. The molecule has 24 heavy (non-hydrogen) atoms. The van der Waals surface area contributed by atoms with Gasteiger partial charge in [-0.1, -0.05) is 72.1 Å². The third-order valence-corrected chi connectivity index (χ3v) is 7.68. The maximum atomic E-state index is 13.5. The van der Waals surface area contributed by atoms with E-state index in [2.05, 4.69) is 13.8 Å². The molecule has 0 aliphatic heterocycles. The molecule has 1 atom stereocenters. The minimum atomic E-state index is -3.59. The topological polar surface area (TPSA) is 78.6 Å². The lowest BCUT2D eigenvalue weighted by atomic mass is 9.91. The summed E-state index contributed by atoms with van der Waals surface area (Å²) in [7, 11) is -3.59. The van der Waals surface area contributed by atoms with Crippen LogP contribution >= 0.6 is 7.60 Å². The number of primary amides is 1. The molecule has 1 amide bonds. The van der Waals surface area contributed by atoms with Gasteiger partial charge in [0.15, 0.2) is 0 Å². The highest BCUT2D eigenvalue weighted by Gasteiger charge is 2.50. The first kappa shape index (κ1) is 23.5. The molecule has 0 aromatic carbocycles. The molecule has 5 nitrogen and oxygen atoms in total. The Hall–Kier alpha value is -0.540. The Morgan fingerprint density at radius 1 is 0.917 bits per heavy atom. The summed E-state index contributed by atoms with van der Waals surface area (Å²) in [6.45, 7) is 8.36. The van der Waals surface area contributed by atoms with Crippen LogP contribution in [0.4, 0.5) is 4.79 Å². The Morgan fingerprint density at radius 2 is 1.42 bits per heavy atom. The largest absolute Gasteiger partial charge is 0.411 e. The number of nitrogens with two attached hydrogens (primary N) is 1. The molecule has 0 fully saturated rings. The molecule has 0 aromatic heterocycles. The van der Waals surface area contributed by atoms with E-state index >= 15 is 0 Å². The van der Waals surface area contributed by atoms with Crippen LogP contribution in [0.15, 0.2) is 0 Å². The van der Waals surface area contributed by atoms with Crippen molar-refractivity contribution in [2.24, 2.45) is 5.73 Å². The SMILES string of the molecule is CCCCCCC(CC)(CCCCCC)P(=O)(OCC)OC(N)=O. The Labute approximate surface area is 148 Å². The number of rotatable bonds is 15. The van der Waals surface area contributed by atoms with E-state index in [0.717, 1.165) is 64.2 Å². The van der Waals surface area contributed by atoms with Gasteiger partial charge in [-0.3, -0.25) is 4.52 Å². The first-order chi connectivity index (χ1) is 11.4. The fourth-order valence-corrected chi connectivity index (χ4v) is 5.60. The molecule has 0 heterocycles. The number of hydrogen-bond acceptors (Lipinski definition) is 4. The number of hydrogen-bond donors (Lipinski definition) is 1. The predicted octanol–water partition coefficient (Wildman–Crippen LogP) is 6.40. The van der Waals surface area contributed by atoms with Gasteiger partial charge in [-0.2, -0.15) is 0 Å². The minimum absolute atomic E-state index is 0.246. The highest BCUT2D eigenvalue weighted by atomic mass is 31.2. The van der Waals surface area contributed by atoms with Crippen LogP contribution in [0.2, 0.25) is 0 Å². The molecule has 1 unspecified atom stereocenters. The molecule has 0 aliphatic rings. The average Bonchev–Trinajstić information content (AvgIpc) is 2.53. The number of carbonyl (C=O) groups excluding carboxylic acids is 1. The van der Waals surface area contributed by atoms with Crippen LogP contribution in [0.5, 0.6) is 0 Å². The Kier molecular flexibility index (Phi) is 12.5. The van der Waals surface area contributed by atoms with Gasteiger partial charge in [0.25, 0.3) is 0 Å². The smallest absolute Gasteiger partial charge is 0.374 e. The summed E-state index contributed by atoms with van der Waals surface area (Å²) in [5, 5.41) is -0.612. The Balaban J connectivity index is 5.31. The summed E-state index contributed by atoms with van der Waals surface area (Å²) in [6, 6.07) is 0. The van der Waals surface area contributed by atoms with E-state index in [1.54, 1.807) is 6.92 Å². The molecule has 0 radical (unpaired) electrons. The Bertz CT molecular complexity index is 375. The van der Waals surface area contributed by atoms with E-state index in [1.807, 2.05) is 6.92 Å². The third kappa shape index (κ3) is 7.57. The molecular weight excluding hydrogens is 325 g/mol. The molecule has 0 aromatic rings. The lowest BCUT2D eigenvalue weighted by molar-refractivity contribution is 0.176. The standard InChI is InChI=1S/C18H38NO4P/c1-5-9-11-13-15-18(7-3,16-14-12-10-6-2)24(21,22-8-4)23-17(19)20/h5-16H2,1-4H3,(H2,19,20). The molecule has 0 saturated heterocycles. The van der Waals surface area contributed by atoms with Crippen LogP contribution in [0.25, 0.3) is 0 Å². The van der Waals surface area contributed by atoms with Crippen molar-refractivity contribution in [3.8, 4) is 0 Å². The zero-order chi connectivity index (χ0) is 18.5. The second kappa shape index (κ2) is 12.8. The highest BCUT2D eigenvalue weighted by Crippen LogP contribution is 2.65. The monoisotopic (exact) mass is 363 g/mol. The van der Waals surface area contributed by atoms with Crippen molar-refractivity contribution in [3.63, 3.8) is 0 Å². The highest BCUT2D eigenvalue weighted by molar-refractivity contribution is 7.56. The van der Waals surface area contributed by atoms with Crippen LogP contribution in [0.1, 0.15) is 98.3 Å². The molecular formula is C18H38NO4P. The van der Waals surface area contributed by atoms with Crippen molar-refractivity contribution >= 4 is 13.7 Å². The van der Waals surface area contributed by atoms with Crippen molar-refractivity contribution in [1.29, 1.82) is 0 Å². The molecule has 0 bridgehead atoms. The van der Waals surface area contributed by atoms with E-state index in [4.69, 9.17) is 14.8 Å². The van der Waals surface area contributed by atoms with E-state index in [1.165, 1.54) is 0 Å². The fourth-order valence-electron chi connectivity index (χ4n) is 3.26. The van der Waals surface area contributed by atoms with Crippen LogP contribution in [0.3, 0.4) is 0 Å². The van der Waals surface area contributed by atoms with E-state index in [-0.39, 0.29) is 6.61 Å². The quantitative estimate of drug-likeness (QED) is 0.270. The summed E-state index contributed by atoms with van der Waals surface area (Å²) in [5.41, 5.74) is 5.20. The molecule has 0 aliphatic carbocycles. The zero-order valence-electron chi connectivity index (χ0n) is 16.1. The van der Waals surface area contributed by atoms with E-state index in [9.17, 15) is 9.36 Å². The molecule has 0 rings (SSSR count). The summed E-state index contributed by atoms with van der Waals surface area (Å²) in [5.74, 6) is 0. The summed E-state index contributed by atoms with van der Waals surface area (Å²) >= 11 is 0. The minimum Gasteiger partial charge on any atom is -0.374 e. The van der Waals surface area contributed by atoms with Gasteiger partial charge in [-0.25, -0.2) is 9.36 Å². The van der Waals surface area contributed by atoms with Gasteiger partial charge in [0, 0.05) is 0 Å². The normalized spacial score (nSPS) is 14.3. The lowest BCUT2D eigenvalue weighted by Gasteiger charge is -2.38. The maximum absolute atomic E-state index is 13.5. The molecule has 6 heteroatoms. The van der Waals surface area contributed by atoms with Crippen LogP contribution in [-0.4, -0.2) is 17.9 Å². The van der Waals surface area contributed by atoms with Crippen molar-refractivity contribution in [3.05, 3.63) is 0 Å². The van der Waals surface area contributed by atoms with Crippen molar-refractivity contribution in [1.82, 2.24) is 0 Å². The van der Waals surface area contributed by atoms with Crippen molar-refractivity contribution in [2.45, 2.75) is 103 Å². The van der Waals surface area contributed by atoms with Gasteiger partial charge in [-0.15, -0.1) is 0 Å².